The van der Waals surface area contributed by atoms with Gasteiger partial charge in [0.05, 0.1) is 6.20 Å². The first-order valence-electron chi connectivity index (χ1n) is 9.70. The number of ether oxygens (including phenoxy) is 2. The number of nitrogens with zero attached hydrogens (tertiary/aromatic N) is 1. The monoisotopic (exact) mass is 488 g/mol. The molecule has 8 heteroatoms. The van der Waals surface area contributed by atoms with E-state index in [4.69, 9.17) is 44.3 Å². The molecular weight excluding hydrogens is 471 g/mol. The number of aromatic amines is 1. The minimum absolute atomic E-state index is 0.00493. The smallest absolute Gasteiger partial charge is 0.173 e. The Hall–Kier alpha value is -2.86. The number of aromatic nitrogens is 2. The van der Waals surface area contributed by atoms with E-state index in [1.165, 1.54) is 6.07 Å². The van der Waals surface area contributed by atoms with Crippen molar-refractivity contribution >= 4 is 34.8 Å². The SMILES string of the molecule is Cc1cc(Oc2cn[nH]c2-c2ccc(OCc3c(Cl)cccc3Cl)cc2O)cc(C)c1Cl. The summed E-state index contributed by atoms with van der Waals surface area (Å²) in [4.78, 5) is 0. The van der Waals surface area contributed by atoms with E-state index >= 15 is 0 Å². The molecule has 0 unspecified atom stereocenters. The summed E-state index contributed by atoms with van der Waals surface area (Å²) in [6.45, 7) is 4.00. The van der Waals surface area contributed by atoms with Crippen LogP contribution >= 0.6 is 34.8 Å². The lowest BCUT2D eigenvalue weighted by Crippen LogP contribution is -1.97. The van der Waals surface area contributed by atoms with Crippen LogP contribution in [-0.4, -0.2) is 15.3 Å². The molecule has 0 aliphatic rings. The van der Waals surface area contributed by atoms with Gasteiger partial charge in [0, 0.05) is 32.3 Å². The molecule has 0 fully saturated rings. The first kappa shape index (κ1) is 22.3. The van der Waals surface area contributed by atoms with Crippen LogP contribution in [0.5, 0.6) is 23.0 Å². The Morgan fingerprint density at radius 1 is 0.938 bits per heavy atom. The normalized spacial score (nSPS) is 10.9. The van der Waals surface area contributed by atoms with Crippen LogP contribution in [0.3, 0.4) is 0 Å². The fourth-order valence-electron chi connectivity index (χ4n) is 3.28. The Labute approximate surface area is 200 Å². The molecule has 1 heterocycles. The zero-order valence-electron chi connectivity index (χ0n) is 17.2. The van der Waals surface area contributed by atoms with Gasteiger partial charge in [-0.3, -0.25) is 5.10 Å². The molecule has 0 radical (unpaired) electrons. The average molecular weight is 490 g/mol. The van der Waals surface area contributed by atoms with Crippen molar-refractivity contribution in [3.63, 3.8) is 0 Å². The molecule has 5 nitrogen and oxygen atoms in total. The Balaban J connectivity index is 1.55. The molecule has 0 atom stereocenters. The van der Waals surface area contributed by atoms with E-state index in [0.717, 1.165) is 11.1 Å². The number of benzene rings is 3. The van der Waals surface area contributed by atoms with E-state index in [0.29, 0.717) is 49.1 Å². The predicted octanol–water partition coefficient (Wildman–Crippen LogP) is 7.73. The molecule has 0 saturated carbocycles. The third-order valence-electron chi connectivity index (χ3n) is 4.93. The highest BCUT2D eigenvalue weighted by molar-refractivity contribution is 6.36. The number of hydrogen-bond acceptors (Lipinski definition) is 4. The summed E-state index contributed by atoms with van der Waals surface area (Å²) in [5, 5.41) is 19.3. The maximum absolute atomic E-state index is 10.6. The van der Waals surface area contributed by atoms with Gasteiger partial charge in [0.15, 0.2) is 5.75 Å². The molecule has 0 saturated heterocycles. The number of phenols is 1. The number of rotatable bonds is 6. The van der Waals surface area contributed by atoms with E-state index in [2.05, 4.69) is 10.2 Å². The largest absolute Gasteiger partial charge is 0.507 e. The van der Waals surface area contributed by atoms with Gasteiger partial charge in [0.25, 0.3) is 0 Å². The van der Waals surface area contributed by atoms with Crippen molar-refractivity contribution in [3.05, 3.63) is 86.5 Å². The highest BCUT2D eigenvalue weighted by atomic mass is 35.5. The standard InChI is InChI=1S/C24H19Cl3N2O3/c1-13-8-16(9-14(2)23(13)27)32-22-11-28-29-24(22)17-7-6-15(10-21(17)30)31-12-18-19(25)4-3-5-20(18)26/h3-11,30H,12H2,1-2H3,(H,28,29). The molecule has 164 valence electrons. The minimum Gasteiger partial charge on any atom is -0.507 e. The first-order valence-corrected chi connectivity index (χ1v) is 10.8. The lowest BCUT2D eigenvalue weighted by Gasteiger charge is -2.12. The quantitative estimate of drug-likeness (QED) is 0.291. The van der Waals surface area contributed by atoms with Crippen molar-refractivity contribution < 1.29 is 14.6 Å². The Bertz CT molecular complexity index is 1240. The molecule has 3 aromatic carbocycles. The van der Waals surface area contributed by atoms with Crippen molar-refractivity contribution in [1.82, 2.24) is 10.2 Å². The van der Waals surface area contributed by atoms with Crippen LogP contribution < -0.4 is 9.47 Å². The lowest BCUT2D eigenvalue weighted by atomic mass is 10.1. The first-order chi connectivity index (χ1) is 15.3. The number of H-pyrrole nitrogens is 1. The second kappa shape index (κ2) is 9.33. The molecule has 0 aliphatic heterocycles. The fraction of sp³-hybridized carbons (Fsp3) is 0.125. The topological polar surface area (TPSA) is 67.4 Å². The summed E-state index contributed by atoms with van der Waals surface area (Å²) in [5.41, 5.74) is 3.55. The number of nitrogens with one attached hydrogen (secondary N) is 1. The number of phenolic OH excluding ortho intramolecular Hbond substituents is 1. The van der Waals surface area contributed by atoms with E-state index in [-0.39, 0.29) is 12.4 Å². The Morgan fingerprint density at radius 2 is 1.62 bits per heavy atom. The van der Waals surface area contributed by atoms with Gasteiger partial charge in [-0.25, -0.2) is 0 Å². The minimum atomic E-state index is 0.00493. The summed E-state index contributed by atoms with van der Waals surface area (Å²) in [7, 11) is 0. The van der Waals surface area contributed by atoms with Crippen LogP contribution in [0.4, 0.5) is 0 Å². The summed E-state index contributed by atoms with van der Waals surface area (Å²) in [6, 6.07) is 13.9. The third-order valence-corrected chi connectivity index (χ3v) is 6.23. The Kier molecular flexibility index (Phi) is 6.51. The average Bonchev–Trinajstić information content (AvgIpc) is 3.19. The predicted molar refractivity (Wildman–Crippen MR) is 127 cm³/mol. The van der Waals surface area contributed by atoms with Crippen LogP contribution in [0, 0.1) is 13.8 Å². The van der Waals surface area contributed by atoms with Gasteiger partial charge in [0.1, 0.15) is 29.5 Å². The summed E-state index contributed by atoms with van der Waals surface area (Å²) < 4.78 is 11.8. The molecule has 0 bridgehead atoms. The molecule has 0 amide bonds. The Morgan fingerprint density at radius 3 is 2.28 bits per heavy atom. The molecule has 2 N–H and O–H groups in total. The van der Waals surface area contributed by atoms with Crippen LogP contribution in [0.15, 0.2) is 54.7 Å². The molecule has 0 spiro atoms. The van der Waals surface area contributed by atoms with E-state index in [9.17, 15) is 5.11 Å². The zero-order chi connectivity index (χ0) is 22.8. The number of aromatic hydroxyl groups is 1. The van der Waals surface area contributed by atoms with Crippen molar-refractivity contribution in [2.75, 3.05) is 0 Å². The second-order valence-corrected chi connectivity index (χ2v) is 8.44. The highest BCUT2D eigenvalue weighted by Gasteiger charge is 2.16. The number of aryl methyl sites for hydroxylation is 2. The molecular formula is C24H19Cl3N2O3. The van der Waals surface area contributed by atoms with Crippen LogP contribution in [0.25, 0.3) is 11.3 Å². The highest BCUT2D eigenvalue weighted by Crippen LogP contribution is 2.39. The summed E-state index contributed by atoms with van der Waals surface area (Å²) in [5.74, 6) is 1.57. The third kappa shape index (κ3) is 4.65. The van der Waals surface area contributed by atoms with Crippen molar-refractivity contribution in [1.29, 1.82) is 0 Å². The van der Waals surface area contributed by atoms with Crippen molar-refractivity contribution in [3.8, 4) is 34.3 Å². The zero-order valence-corrected chi connectivity index (χ0v) is 19.5. The fourth-order valence-corrected chi connectivity index (χ4v) is 3.89. The van der Waals surface area contributed by atoms with Crippen molar-refractivity contribution in [2.24, 2.45) is 0 Å². The van der Waals surface area contributed by atoms with E-state index in [1.54, 1.807) is 36.5 Å². The van der Waals surface area contributed by atoms with Crippen LogP contribution in [0.1, 0.15) is 16.7 Å². The second-order valence-electron chi connectivity index (χ2n) is 7.25. The number of halogens is 3. The molecule has 4 aromatic rings. The molecule has 4 rings (SSSR count). The lowest BCUT2D eigenvalue weighted by molar-refractivity contribution is 0.304. The molecule has 1 aromatic heterocycles. The van der Waals surface area contributed by atoms with Gasteiger partial charge in [-0.05, 0) is 61.4 Å². The van der Waals surface area contributed by atoms with Gasteiger partial charge < -0.3 is 14.6 Å². The molecule has 32 heavy (non-hydrogen) atoms. The van der Waals surface area contributed by atoms with Crippen LogP contribution in [0.2, 0.25) is 15.1 Å². The van der Waals surface area contributed by atoms with Gasteiger partial charge in [-0.2, -0.15) is 5.10 Å². The van der Waals surface area contributed by atoms with Gasteiger partial charge in [-0.15, -0.1) is 0 Å². The van der Waals surface area contributed by atoms with E-state index < -0.39 is 0 Å². The van der Waals surface area contributed by atoms with Gasteiger partial charge >= 0.3 is 0 Å². The van der Waals surface area contributed by atoms with E-state index in [1.807, 2.05) is 26.0 Å². The van der Waals surface area contributed by atoms with Crippen LogP contribution in [-0.2, 0) is 6.61 Å². The summed E-state index contributed by atoms with van der Waals surface area (Å²) in [6.07, 6.45) is 1.55. The van der Waals surface area contributed by atoms with Gasteiger partial charge in [-0.1, -0.05) is 40.9 Å². The van der Waals surface area contributed by atoms with Crippen molar-refractivity contribution in [2.45, 2.75) is 20.5 Å². The maximum atomic E-state index is 10.6. The summed E-state index contributed by atoms with van der Waals surface area (Å²) >= 11 is 18.6. The maximum Gasteiger partial charge on any atom is 0.173 e. The molecule has 0 aliphatic carbocycles. The number of hydrogen-bond donors (Lipinski definition) is 2. The van der Waals surface area contributed by atoms with Gasteiger partial charge in [0.2, 0.25) is 0 Å².